The van der Waals surface area contributed by atoms with Crippen molar-refractivity contribution in [1.29, 1.82) is 0 Å². The zero-order valence-electron chi connectivity index (χ0n) is 15.0. The van der Waals surface area contributed by atoms with Gasteiger partial charge in [-0.25, -0.2) is 4.52 Å². The molecule has 0 saturated carbocycles. The Bertz CT molecular complexity index is 969. The summed E-state index contributed by atoms with van der Waals surface area (Å²) in [7, 11) is 1.36. The van der Waals surface area contributed by atoms with Gasteiger partial charge in [0.25, 0.3) is 0 Å². The van der Waals surface area contributed by atoms with Crippen molar-refractivity contribution in [2.24, 2.45) is 0 Å². The molecule has 1 aliphatic heterocycles. The Morgan fingerprint density at radius 2 is 1.93 bits per heavy atom. The fraction of sp³-hybridized carbons (Fsp3) is 0.444. The van der Waals surface area contributed by atoms with Crippen LogP contribution < -0.4 is 10.1 Å². The summed E-state index contributed by atoms with van der Waals surface area (Å²) in [5.41, 5.74) is 1.66. The number of nitrogens with one attached hydrogen (secondary N) is 1. The minimum absolute atomic E-state index is 0.0860. The number of alkyl halides is 3. The van der Waals surface area contributed by atoms with Crippen molar-refractivity contribution in [3.05, 3.63) is 35.9 Å². The lowest BCUT2D eigenvalue weighted by atomic mass is 10.1. The molecule has 6 nitrogen and oxygen atoms in total. The van der Waals surface area contributed by atoms with Gasteiger partial charge in [-0.3, -0.25) is 4.68 Å². The van der Waals surface area contributed by atoms with Gasteiger partial charge in [-0.05, 0) is 38.9 Å². The van der Waals surface area contributed by atoms with Crippen molar-refractivity contribution >= 4 is 5.52 Å². The molecule has 3 aromatic rings. The van der Waals surface area contributed by atoms with Crippen LogP contribution in [0.3, 0.4) is 0 Å². The minimum atomic E-state index is -4.49. The van der Waals surface area contributed by atoms with E-state index in [-0.39, 0.29) is 11.3 Å². The summed E-state index contributed by atoms with van der Waals surface area (Å²) in [6.07, 6.45) is 1.67. The molecule has 144 valence electrons. The average Bonchev–Trinajstić information content (AvgIpc) is 3.25. The van der Waals surface area contributed by atoms with E-state index in [0.29, 0.717) is 11.6 Å². The zero-order valence-corrected chi connectivity index (χ0v) is 15.0. The Labute approximate surface area is 153 Å². The number of rotatable bonds is 3. The first-order valence-corrected chi connectivity index (χ1v) is 8.78. The largest absolute Gasteiger partial charge is 0.494 e. The zero-order chi connectivity index (χ0) is 19.2. The topological polar surface area (TPSA) is 56.4 Å². The lowest BCUT2D eigenvalue weighted by Crippen LogP contribution is -2.30. The van der Waals surface area contributed by atoms with E-state index in [1.807, 2.05) is 11.6 Å². The Hall–Kier alpha value is -2.55. The summed E-state index contributed by atoms with van der Waals surface area (Å²) in [6, 6.07) is 1.94. The van der Waals surface area contributed by atoms with Crippen molar-refractivity contribution in [1.82, 2.24) is 24.7 Å². The van der Waals surface area contributed by atoms with Crippen LogP contribution in [0.1, 0.15) is 30.1 Å². The van der Waals surface area contributed by atoms with Gasteiger partial charge in [0.1, 0.15) is 16.8 Å². The first kappa shape index (κ1) is 17.8. The fourth-order valence-corrected chi connectivity index (χ4v) is 3.72. The van der Waals surface area contributed by atoms with Gasteiger partial charge < -0.3 is 10.1 Å². The number of pyridine rings is 1. The van der Waals surface area contributed by atoms with Gasteiger partial charge in [-0.15, -0.1) is 0 Å². The third-order valence-corrected chi connectivity index (χ3v) is 5.11. The molecule has 0 amide bonds. The van der Waals surface area contributed by atoms with Crippen LogP contribution in [0.5, 0.6) is 5.75 Å². The third-order valence-electron chi connectivity index (χ3n) is 5.11. The van der Waals surface area contributed by atoms with Crippen molar-refractivity contribution in [2.45, 2.75) is 32.0 Å². The number of hydrogen-bond donors (Lipinski definition) is 1. The van der Waals surface area contributed by atoms with Crippen LogP contribution in [0.4, 0.5) is 13.2 Å². The first-order valence-electron chi connectivity index (χ1n) is 8.78. The predicted molar refractivity (Wildman–Crippen MR) is 93.8 cm³/mol. The van der Waals surface area contributed by atoms with E-state index in [4.69, 9.17) is 4.74 Å². The monoisotopic (exact) mass is 379 g/mol. The SMILES string of the molecule is COc1cc(-c2cnn(C3CCNCC3)c2C)cn2ncc(C(F)(F)F)c12. The Kier molecular flexibility index (Phi) is 4.33. The van der Waals surface area contributed by atoms with Crippen molar-refractivity contribution in [2.75, 3.05) is 20.2 Å². The van der Waals surface area contributed by atoms with Crippen LogP contribution in [0.25, 0.3) is 16.6 Å². The van der Waals surface area contributed by atoms with E-state index in [0.717, 1.165) is 43.4 Å². The molecule has 1 saturated heterocycles. The van der Waals surface area contributed by atoms with E-state index < -0.39 is 11.7 Å². The number of methoxy groups -OCH3 is 1. The van der Waals surface area contributed by atoms with Gasteiger partial charge >= 0.3 is 6.18 Å². The molecule has 1 N–H and O–H groups in total. The molecule has 1 aliphatic rings. The molecule has 9 heteroatoms. The fourth-order valence-electron chi connectivity index (χ4n) is 3.72. The minimum Gasteiger partial charge on any atom is -0.494 e. The molecular formula is C18H20F3N5O. The highest BCUT2D eigenvalue weighted by atomic mass is 19.4. The Morgan fingerprint density at radius 3 is 2.59 bits per heavy atom. The van der Waals surface area contributed by atoms with Crippen LogP contribution in [0.15, 0.2) is 24.7 Å². The van der Waals surface area contributed by atoms with Crippen LogP contribution in [-0.2, 0) is 6.18 Å². The van der Waals surface area contributed by atoms with Crippen LogP contribution in [0, 0.1) is 6.92 Å². The molecule has 0 radical (unpaired) electrons. The van der Waals surface area contributed by atoms with E-state index in [1.54, 1.807) is 18.5 Å². The first-order chi connectivity index (χ1) is 12.9. The van der Waals surface area contributed by atoms with Crippen LogP contribution >= 0.6 is 0 Å². The van der Waals surface area contributed by atoms with E-state index in [1.165, 1.54) is 11.6 Å². The summed E-state index contributed by atoms with van der Waals surface area (Å²) < 4.78 is 48.2. The number of nitrogens with zero attached hydrogens (tertiary/aromatic N) is 4. The molecule has 1 fully saturated rings. The van der Waals surface area contributed by atoms with Gasteiger partial charge in [0.15, 0.2) is 0 Å². The molecule has 4 rings (SSSR count). The number of piperidine rings is 1. The van der Waals surface area contributed by atoms with E-state index in [2.05, 4.69) is 15.5 Å². The van der Waals surface area contributed by atoms with Gasteiger partial charge in [0.05, 0.1) is 25.5 Å². The second-order valence-electron chi connectivity index (χ2n) is 6.72. The highest BCUT2D eigenvalue weighted by Gasteiger charge is 2.36. The molecule has 0 bridgehead atoms. The highest BCUT2D eigenvalue weighted by molar-refractivity contribution is 5.74. The summed E-state index contributed by atoms with van der Waals surface area (Å²) in [5.74, 6) is 0.131. The standard InChI is InChI=1S/C18H20F3N5O/c1-11-14(8-24-26(11)13-3-5-22-6-4-13)12-7-16(27-2)17-15(18(19,20)21)9-23-25(17)10-12/h7-10,13,22H,3-6H2,1-2H3. The van der Waals surface area contributed by atoms with Crippen molar-refractivity contribution in [3.63, 3.8) is 0 Å². The maximum Gasteiger partial charge on any atom is 0.420 e. The van der Waals surface area contributed by atoms with Crippen molar-refractivity contribution < 1.29 is 17.9 Å². The molecule has 0 aromatic carbocycles. The molecule has 3 aromatic heterocycles. The number of aromatic nitrogens is 4. The second kappa shape index (κ2) is 6.56. The lowest BCUT2D eigenvalue weighted by Gasteiger charge is -2.24. The van der Waals surface area contributed by atoms with E-state index in [9.17, 15) is 13.2 Å². The number of hydrogen-bond acceptors (Lipinski definition) is 4. The summed E-state index contributed by atoms with van der Waals surface area (Å²) >= 11 is 0. The summed E-state index contributed by atoms with van der Waals surface area (Å²) in [5, 5.41) is 11.8. The molecule has 0 aliphatic carbocycles. The van der Waals surface area contributed by atoms with Gasteiger partial charge in [0, 0.05) is 23.0 Å². The molecular weight excluding hydrogens is 359 g/mol. The van der Waals surface area contributed by atoms with E-state index >= 15 is 0 Å². The summed E-state index contributed by atoms with van der Waals surface area (Å²) in [4.78, 5) is 0. The lowest BCUT2D eigenvalue weighted by molar-refractivity contribution is -0.136. The molecule has 0 spiro atoms. The molecule has 0 atom stereocenters. The molecule has 0 unspecified atom stereocenters. The predicted octanol–water partition coefficient (Wildman–Crippen LogP) is 3.46. The second-order valence-corrected chi connectivity index (χ2v) is 6.72. The van der Waals surface area contributed by atoms with Gasteiger partial charge in [0.2, 0.25) is 0 Å². The highest BCUT2D eigenvalue weighted by Crippen LogP contribution is 2.38. The molecule has 4 heterocycles. The Balaban J connectivity index is 1.80. The Morgan fingerprint density at radius 1 is 1.19 bits per heavy atom. The maximum atomic E-state index is 13.2. The third kappa shape index (κ3) is 3.05. The van der Waals surface area contributed by atoms with Crippen LogP contribution in [0.2, 0.25) is 0 Å². The quantitative estimate of drug-likeness (QED) is 0.757. The molecule has 27 heavy (non-hydrogen) atoms. The van der Waals surface area contributed by atoms with Crippen LogP contribution in [-0.4, -0.2) is 39.6 Å². The van der Waals surface area contributed by atoms with Crippen molar-refractivity contribution in [3.8, 4) is 16.9 Å². The maximum absolute atomic E-state index is 13.2. The smallest absolute Gasteiger partial charge is 0.420 e. The normalized spacial score (nSPS) is 16.2. The summed E-state index contributed by atoms with van der Waals surface area (Å²) in [6.45, 7) is 3.88. The number of ether oxygens (including phenoxy) is 1. The number of fused-ring (bicyclic) bond motifs is 1. The average molecular weight is 379 g/mol. The van der Waals surface area contributed by atoms with Gasteiger partial charge in [-0.2, -0.15) is 23.4 Å². The van der Waals surface area contributed by atoms with Gasteiger partial charge in [-0.1, -0.05) is 0 Å². The number of halogens is 3.